The number of benzene rings is 2. The first-order chi connectivity index (χ1) is 16.7. The summed E-state index contributed by atoms with van der Waals surface area (Å²) < 4.78 is 16.1. The van der Waals surface area contributed by atoms with Crippen LogP contribution in [0.2, 0.25) is 0 Å². The molecule has 0 spiro atoms. The van der Waals surface area contributed by atoms with Gasteiger partial charge in [-0.2, -0.15) is 4.37 Å². The number of urea groups is 1. The van der Waals surface area contributed by atoms with Crippen molar-refractivity contribution in [2.45, 2.75) is 0 Å². The number of carbonyl (C=O) groups is 1. The summed E-state index contributed by atoms with van der Waals surface area (Å²) in [4.78, 5) is 25.8. The van der Waals surface area contributed by atoms with Crippen molar-refractivity contribution in [3.8, 4) is 22.8 Å². The highest BCUT2D eigenvalue weighted by Gasteiger charge is 2.25. The van der Waals surface area contributed by atoms with Crippen molar-refractivity contribution < 1.29 is 14.3 Å². The second kappa shape index (κ2) is 9.52. The van der Waals surface area contributed by atoms with Crippen molar-refractivity contribution in [2.24, 2.45) is 0 Å². The minimum atomic E-state index is -0.125. The van der Waals surface area contributed by atoms with E-state index >= 15 is 0 Å². The molecular formula is C24H24N6O3S. The average molecular weight is 477 g/mol. The summed E-state index contributed by atoms with van der Waals surface area (Å²) in [5.41, 5.74) is 3.36. The molecule has 1 N–H and O–H groups in total. The van der Waals surface area contributed by atoms with Crippen LogP contribution in [0.4, 0.5) is 16.3 Å². The summed E-state index contributed by atoms with van der Waals surface area (Å²) in [5, 5.41) is 2.95. The van der Waals surface area contributed by atoms with Gasteiger partial charge in [0.2, 0.25) is 0 Å². The number of hydrogen-bond acceptors (Lipinski definition) is 8. The van der Waals surface area contributed by atoms with E-state index in [9.17, 15) is 4.79 Å². The lowest BCUT2D eigenvalue weighted by Crippen LogP contribution is -2.50. The minimum absolute atomic E-state index is 0.125. The molecule has 0 aliphatic carbocycles. The molecule has 1 aliphatic heterocycles. The first-order valence-electron chi connectivity index (χ1n) is 10.9. The molecule has 5 rings (SSSR count). The largest absolute Gasteiger partial charge is 0.497 e. The van der Waals surface area contributed by atoms with Crippen molar-refractivity contribution >= 4 is 39.3 Å². The first kappa shape index (κ1) is 21.9. The molecule has 1 fully saturated rings. The van der Waals surface area contributed by atoms with Gasteiger partial charge in [0.05, 0.1) is 14.2 Å². The molecule has 34 heavy (non-hydrogen) atoms. The molecule has 0 radical (unpaired) electrons. The highest BCUT2D eigenvalue weighted by atomic mass is 32.1. The van der Waals surface area contributed by atoms with Crippen LogP contribution >= 0.6 is 11.5 Å². The van der Waals surface area contributed by atoms with E-state index in [4.69, 9.17) is 9.47 Å². The summed E-state index contributed by atoms with van der Waals surface area (Å²) in [6.45, 7) is 2.53. The van der Waals surface area contributed by atoms with Gasteiger partial charge in [-0.3, -0.25) is 0 Å². The fourth-order valence-electron chi connectivity index (χ4n) is 3.94. The fraction of sp³-hybridized carbons (Fsp3) is 0.250. The Morgan fingerprint density at radius 2 is 1.74 bits per heavy atom. The van der Waals surface area contributed by atoms with Crippen LogP contribution in [0.5, 0.6) is 11.5 Å². The molecule has 9 nitrogen and oxygen atoms in total. The van der Waals surface area contributed by atoms with Crippen LogP contribution in [0.15, 0.2) is 54.9 Å². The third kappa shape index (κ3) is 4.32. The number of nitrogens with one attached hydrogen (secondary N) is 1. The number of fused-ring (bicyclic) bond motifs is 1. The van der Waals surface area contributed by atoms with E-state index in [1.807, 2.05) is 47.4 Å². The molecular weight excluding hydrogens is 452 g/mol. The number of ether oxygens (including phenoxy) is 2. The van der Waals surface area contributed by atoms with Crippen molar-refractivity contribution in [2.75, 3.05) is 50.6 Å². The average Bonchev–Trinajstić information content (AvgIpc) is 3.33. The molecule has 3 heterocycles. The SMILES string of the molecule is COc1ccc(-c2nsc3c(N4CCN(C(=O)Nc5cccc(OC)c5)CC4)ncnc23)cc1. The summed E-state index contributed by atoms with van der Waals surface area (Å²) in [6.07, 6.45) is 1.58. The quantitative estimate of drug-likeness (QED) is 0.463. The Bertz CT molecular complexity index is 1300. The van der Waals surface area contributed by atoms with Crippen molar-refractivity contribution in [3.63, 3.8) is 0 Å². The maximum Gasteiger partial charge on any atom is 0.321 e. The predicted molar refractivity (Wildman–Crippen MR) is 133 cm³/mol. The maximum absolute atomic E-state index is 12.7. The number of nitrogens with zero attached hydrogens (tertiary/aromatic N) is 5. The molecule has 0 unspecified atom stereocenters. The zero-order chi connectivity index (χ0) is 23.5. The van der Waals surface area contributed by atoms with E-state index < -0.39 is 0 Å². The number of piperazine rings is 1. The number of carbonyl (C=O) groups excluding carboxylic acids is 1. The van der Waals surface area contributed by atoms with Crippen molar-refractivity contribution in [1.29, 1.82) is 0 Å². The van der Waals surface area contributed by atoms with Crippen LogP contribution in [-0.4, -0.2) is 65.7 Å². The van der Waals surface area contributed by atoms with E-state index in [1.54, 1.807) is 26.6 Å². The number of amides is 2. The van der Waals surface area contributed by atoms with Crippen LogP contribution in [-0.2, 0) is 0 Å². The van der Waals surface area contributed by atoms with Crippen LogP contribution in [0.3, 0.4) is 0 Å². The van der Waals surface area contributed by atoms with Gasteiger partial charge < -0.3 is 24.6 Å². The molecule has 174 valence electrons. The van der Waals surface area contributed by atoms with Crippen LogP contribution < -0.4 is 19.7 Å². The molecule has 2 amide bonds. The van der Waals surface area contributed by atoms with Gasteiger partial charge in [0, 0.05) is 43.5 Å². The number of aromatic nitrogens is 3. The Morgan fingerprint density at radius 1 is 0.971 bits per heavy atom. The maximum atomic E-state index is 12.7. The van der Waals surface area contributed by atoms with Gasteiger partial charge in [0.15, 0.2) is 5.82 Å². The van der Waals surface area contributed by atoms with E-state index in [0.29, 0.717) is 37.6 Å². The molecule has 2 aromatic heterocycles. The van der Waals surface area contributed by atoms with Gasteiger partial charge in [-0.1, -0.05) is 6.07 Å². The lowest BCUT2D eigenvalue weighted by atomic mass is 10.1. The molecule has 0 saturated carbocycles. The number of hydrogen-bond donors (Lipinski definition) is 1. The molecule has 0 atom stereocenters. The zero-order valence-electron chi connectivity index (χ0n) is 18.9. The van der Waals surface area contributed by atoms with E-state index in [2.05, 4.69) is 24.6 Å². The van der Waals surface area contributed by atoms with Crippen molar-refractivity contribution in [1.82, 2.24) is 19.2 Å². The Kier molecular flexibility index (Phi) is 6.13. The molecule has 0 bridgehead atoms. The molecule has 2 aromatic carbocycles. The lowest BCUT2D eigenvalue weighted by molar-refractivity contribution is 0.208. The first-order valence-corrected chi connectivity index (χ1v) is 11.6. The summed E-state index contributed by atoms with van der Waals surface area (Å²) in [5.74, 6) is 2.36. The lowest BCUT2D eigenvalue weighted by Gasteiger charge is -2.35. The molecule has 10 heteroatoms. The zero-order valence-corrected chi connectivity index (χ0v) is 19.7. The van der Waals surface area contributed by atoms with Gasteiger partial charge in [-0.15, -0.1) is 0 Å². The smallest absolute Gasteiger partial charge is 0.321 e. The Hall–Kier alpha value is -3.92. The third-order valence-electron chi connectivity index (χ3n) is 5.79. The Balaban J connectivity index is 1.29. The van der Waals surface area contributed by atoms with E-state index in [0.717, 1.165) is 33.0 Å². The normalized spacial score (nSPS) is 13.7. The number of rotatable bonds is 5. The van der Waals surface area contributed by atoms with Gasteiger partial charge in [-0.05, 0) is 47.9 Å². The van der Waals surface area contributed by atoms with Crippen LogP contribution in [0.25, 0.3) is 21.5 Å². The van der Waals surface area contributed by atoms with Crippen LogP contribution in [0.1, 0.15) is 0 Å². The molecule has 1 aliphatic rings. The van der Waals surface area contributed by atoms with Gasteiger partial charge in [0.1, 0.15) is 33.7 Å². The minimum Gasteiger partial charge on any atom is -0.497 e. The number of anilines is 2. The Morgan fingerprint density at radius 3 is 2.47 bits per heavy atom. The Labute approximate surface area is 201 Å². The van der Waals surface area contributed by atoms with E-state index in [-0.39, 0.29) is 6.03 Å². The highest BCUT2D eigenvalue weighted by molar-refractivity contribution is 7.14. The second-order valence-electron chi connectivity index (χ2n) is 7.77. The van der Waals surface area contributed by atoms with Gasteiger partial charge in [0.25, 0.3) is 0 Å². The molecule has 1 saturated heterocycles. The topological polar surface area (TPSA) is 92.7 Å². The summed E-state index contributed by atoms with van der Waals surface area (Å²) in [7, 11) is 3.25. The van der Waals surface area contributed by atoms with E-state index in [1.165, 1.54) is 11.5 Å². The molecule has 4 aromatic rings. The summed E-state index contributed by atoms with van der Waals surface area (Å²) in [6, 6.07) is 15.0. The summed E-state index contributed by atoms with van der Waals surface area (Å²) >= 11 is 1.40. The second-order valence-corrected chi connectivity index (χ2v) is 8.54. The monoisotopic (exact) mass is 476 g/mol. The number of methoxy groups -OCH3 is 2. The van der Waals surface area contributed by atoms with Crippen molar-refractivity contribution in [3.05, 3.63) is 54.9 Å². The third-order valence-corrected chi connectivity index (χ3v) is 6.62. The van der Waals surface area contributed by atoms with Crippen LogP contribution in [0, 0.1) is 0 Å². The fourth-order valence-corrected chi connectivity index (χ4v) is 4.81. The van der Waals surface area contributed by atoms with Gasteiger partial charge in [-0.25, -0.2) is 14.8 Å². The predicted octanol–water partition coefficient (Wildman–Crippen LogP) is 4.12. The highest BCUT2D eigenvalue weighted by Crippen LogP contribution is 2.35. The standard InChI is InChI=1S/C24H24N6O3S/c1-32-18-8-6-16(7-9-18)20-21-22(34-28-20)23(26-15-25-21)29-10-12-30(13-11-29)24(31)27-17-4-3-5-19(14-17)33-2/h3-9,14-15H,10-13H2,1-2H3,(H,27,31). The van der Waals surface area contributed by atoms with Gasteiger partial charge >= 0.3 is 6.03 Å².